The van der Waals surface area contributed by atoms with E-state index in [0.717, 1.165) is 43.1 Å². The van der Waals surface area contributed by atoms with Gasteiger partial charge in [0.15, 0.2) is 0 Å². The third kappa shape index (κ3) is 3.67. The molecule has 0 amide bonds. The van der Waals surface area contributed by atoms with E-state index in [0.29, 0.717) is 18.4 Å². The average Bonchev–Trinajstić information content (AvgIpc) is 3.13. The lowest BCUT2D eigenvalue weighted by atomic mass is 9.91. The van der Waals surface area contributed by atoms with Crippen molar-refractivity contribution in [2.45, 2.75) is 38.4 Å². The highest BCUT2D eigenvalue weighted by atomic mass is 16.1. The summed E-state index contributed by atoms with van der Waals surface area (Å²) in [6.45, 7) is 5.44. The van der Waals surface area contributed by atoms with E-state index >= 15 is 0 Å². The largest absolute Gasteiger partial charge is 0.360 e. The smallest absolute Gasteiger partial charge is 0.142 e. The number of hydrogen-bond donors (Lipinski definition) is 1. The van der Waals surface area contributed by atoms with E-state index in [1.54, 1.807) is 6.33 Å². The number of anilines is 2. The molecule has 142 valence electrons. The number of benzene rings is 1. The Bertz CT molecular complexity index is 796. The number of rotatable bonds is 5. The van der Waals surface area contributed by atoms with Crippen LogP contribution in [0.4, 0.5) is 11.6 Å². The molecule has 6 heteroatoms. The van der Waals surface area contributed by atoms with E-state index in [4.69, 9.17) is 0 Å². The Morgan fingerprint density at radius 3 is 2.89 bits per heavy atom. The van der Waals surface area contributed by atoms with Crippen LogP contribution in [0.2, 0.25) is 0 Å². The first kappa shape index (κ1) is 17.9. The highest BCUT2D eigenvalue weighted by Gasteiger charge is 2.33. The number of hydrogen-bond acceptors (Lipinski definition) is 6. The average molecular weight is 365 g/mol. The van der Waals surface area contributed by atoms with Crippen molar-refractivity contribution in [3.63, 3.8) is 0 Å². The highest BCUT2D eigenvalue weighted by Crippen LogP contribution is 2.33. The second kappa shape index (κ2) is 7.64. The summed E-state index contributed by atoms with van der Waals surface area (Å²) in [5.74, 6) is 2.34. The molecule has 0 radical (unpaired) electrons. The maximum atomic E-state index is 11.2. The van der Waals surface area contributed by atoms with E-state index < -0.39 is 0 Å². The van der Waals surface area contributed by atoms with Gasteiger partial charge in [0.25, 0.3) is 0 Å². The molecule has 0 aliphatic carbocycles. The zero-order valence-electron chi connectivity index (χ0n) is 16.0. The Morgan fingerprint density at radius 1 is 1.30 bits per heavy atom. The van der Waals surface area contributed by atoms with Crippen molar-refractivity contribution >= 4 is 17.9 Å². The van der Waals surface area contributed by atoms with Crippen LogP contribution in [0, 0.1) is 5.92 Å². The molecule has 1 aromatic carbocycles. The molecule has 4 rings (SSSR count). The fourth-order valence-corrected chi connectivity index (χ4v) is 4.31. The summed E-state index contributed by atoms with van der Waals surface area (Å²) < 4.78 is 0. The molecule has 27 heavy (non-hydrogen) atoms. The lowest BCUT2D eigenvalue weighted by Crippen LogP contribution is -2.51. The number of carbonyl (C=O) groups is 1. The van der Waals surface area contributed by atoms with Crippen LogP contribution < -0.4 is 10.2 Å². The topological polar surface area (TPSA) is 61.4 Å². The molecule has 1 saturated heterocycles. The fraction of sp³-hybridized carbons (Fsp3) is 0.476. The molecule has 3 atom stereocenters. The minimum atomic E-state index is -0.192. The van der Waals surface area contributed by atoms with Gasteiger partial charge in [-0.3, -0.25) is 4.90 Å². The van der Waals surface area contributed by atoms with Gasteiger partial charge >= 0.3 is 0 Å². The first-order chi connectivity index (χ1) is 13.2. The number of aldehydes is 1. The van der Waals surface area contributed by atoms with Crippen LogP contribution in [0.5, 0.6) is 0 Å². The van der Waals surface area contributed by atoms with Gasteiger partial charge in [-0.2, -0.15) is 0 Å². The summed E-state index contributed by atoms with van der Waals surface area (Å²) in [5, 5.41) is 3.18. The van der Waals surface area contributed by atoms with Gasteiger partial charge in [-0.05, 0) is 24.4 Å². The second-order valence-electron chi connectivity index (χ2n) is 7.78. The van der Waals surface area contributed by atoms with Gasteiger partial charge in [-0.15, -0.1) is 0 Å². The van der Waals surface area contributed by atoms with Crippen molar-refractivity contribution in [1.82, 2.24) is 14.9 Å². The van der Waals surface area contributed by atoms with E-state index in [9.17, 15) is 4.79 Å². The van der Waals surface area contributed by atoms with Crippen molar-refractivity contribution in [2.24, 2.45) is 5.92 Å². The van der Waals surface area contributed by atoms with Crippen molar-refractivity contribution in [2.75, 3.05) is 30.4 Å². The standard InChI is InChI=1S/C21H27N5O/c1-15-8-9-26(11-16-6-4-3-5-7-16)12-19(15)25(2)21-18-10-17(13-27)24-20(18)22-14-23-21/h3-7,13-15,17,19H,8-12H2,1-2H3,(H,22,23,24). The van der Waals surface area contributed by atoms with E-state index in [1.807, 2.05) is 0 Å². The number of piperidine rings is 1. The van der Waals surface area contributed by atoms with Gasteiger partial charge in [0.2, 0.25) is 0 Å². The quantitative estimate of drug-likeness (QED) is 0.821. The van der Waals surface area contributed by atoms with Crippen LogP contribution in [0.3, 0.4) is 0 Å². The van der Waals surface area contributed by atoms with E-state index in [-0.39, 0.29) is 6.04 Å². The molecule has 0 bridgehead atoms. The number of carbonyl (C=O) groups excluding carboxylic acids is 1. The van der Waals surface area contributed by atoms with Crippen LogP contribution in [-0.2, 0) is 17.8 Å². The number of fused-ring (bicyclic) bond motifs is 1. The van der Waals surface area contributed by atoms with E-state index in [2.05, 4.69) is 69.4 Å². The van der Waals surface area contributed by atoms with Crippen LogP contribution >= 0.6 is 0 Å². The van der Waals surface area contributed by atoms with Crippen LogP contribution in [0.25, 0.3) is 0 Å². The lowest BCUT2D eigenvalue weighted by Gasteiger charge is -2.42. The Balaban J connectivity index is 1.52. The van der Waals surface area contributed by atoms with Crippen molar-refractivity contribution in [3.8, 4) is 0 Å². The molecule has 2 aliphatic rings. The molecule has 0 spiro atoms. The molecule has 1 aromatic heterocycles. The zero-order valence-corrected chi connectivity index (χ0v) is 16.0. The van der Waals surface area contributed by atoms with Crippen LogP contribution in [-0.4, -0.2) is 53.4 Å². The number of likely N-dealkylation sites (N-methyl/N-ethyl adjacent to an activating group) is 1. The molecule has 0 saturated carbocycles. The van der Waals surface area contributed by atoms with Gasteiger partial charge in [0, 0.05) is 38.2 Å². The monoisotopic (exact) mass is 365 g/mol. The van der Waals surface area contributed by atoms with Crippen molar-refractivity contribution in [1.29, 1.82) is 0 Å². The molecule has 2 aromatic rings. The van der Waals surface area contributed by atoms with Gasteiger partial charge in [-0.25, -0.2) is 9.97 Å². The molecule has 3 heterocycles. The minimum Gasteiger partial charge on any atom is -0.360 e. The first-order valence-corrected chi connectivity index (χ1v) is 9.70. The summed E-state index contributed by atoms with van der Waals surface area (Å²) in [6, 6.07) is 10.9. The molecule has 1 fully saturated rings. The summed E-state index contributed by atoms with van der Waals surface area (Å²) in [7, 11) is 2.13. The molecule has 3 unspecified atom stereocenters. The number of nitrogens with one attached hydrogen (secondary N) is 1. The normalized spacial score (nSPS) is 24.9. The molecular weight excluding hydrogens is 338 g/mol. The third-order valence-corrected chi connectivity index (χ3v) is 5.92. The molecule has 2 aliphatic heterocycles. The van der Waals surface area contributed by atoms with Crippen molar-refractivity contribution in [3.05, 3.63) is 47.8 Å². The maximum absolute atomic E-state index is 11.2. The second-order valence-corrected chi connectivity index (χ2v) is 7.78. The SMILES string of the molecule is CC1CCN(Cc2ccccc2)CC1N(C)c1ncnc2c1CC(C=O)N2. The minimum absolute atomic E-state index is 0.192. The Hall–Kier alpha value is -2.47. The molecule has 6 nitrogen and oxygen atoms in total. The molecular formula is C21H27N5O. The van der Waals surface area contributed by atoms with Crippen LogP contribution in [0.15, 0.2) is 36.7 Å². The van der Waals surface area contributed by atoms with Gasteiger partial charge in [0.1, 0.15) is 24.2 Å². The highest BCUT2D eigenvalue weighted by molar-refractivity contribution is 5.73. The Morgan fingerprint density at radius 2 is 2.11 bits per heavy atom. The summed E-state index contributed by atoms with van der Waals surface area (Å²) in [6.07, 6.45) is 4.38. The lowest BCUT2D eigenvalue weighted by molar-refractivity contribution is -0.108. The fourth-order valence-electron chi connectivity index (χ4n) is 4.31. The molecule has 1 N–H and O–H groups in total. The third-order valence-electron chi connectivity index (χ3n) is 5.92. The predicted octanol–water partition coefficient (Wildman–Crippen LogP) is 2.36. The van der Waals surface area contributed by atoms with Gasteiger partial charge in [0.05, 0.1) is 6.04 Å². The summed E-state index contributed by atoms with van der Waals surface area (Å²) in [4.78, 5) is 24.9. The van der Waals surface area contributed by atoms with Gasteiger partial charge in [-0.1, -0.05) is 37.3 Å². The van der Waals surface area contributed by atoms with E-state index in [1.165, 1.54) is 12.0 Å². The number of nitrogens with zero attached hydrogens (tertiary/aromatic N) is 4. The van der Waals surface area contributed by atoms with Crippen molar-refractivity contribution < 1.29 is 4.79 Å². The summed E-state index contributed by atoms with van der Waals surface area (Å²) >= 11 is 0. The zero-order chi connectivity index (χ0) is 18.8. The maximum Gasteiger partial charge on any atom is 0.142 e. The summed E-state index contributed by atoms with van der Waals surface area (Å²) in [5.41, 5.74) is 2.42. The predicted molar refractivity (Wildman–Crippen MR) is 107 cm³/mol. The van der Waals surface area contributed by atoms with Crippen LogP contribution in [0.1, 0.15) is 24.5 Å². The Kier molecular flexibility index (Phi) is 5.07. The number of aromatic nitrogens is 2. The Labute approximate surface area is 160 Å². The first-order valence-electron chi connectivity index (χ1n) is 9.70. The van der Waals surface area contributed by atoms with Gasteiger partial charge < -0.3 is 15.0 Å². The number of likely N-dealkylation sites (tertiary alicyclic amines) is 1.